The Kier molecular flexibility index (Phi) is 11.6. The summed E-state index contributed by atoms with van der Waals surface area (Å²) in [4.78, 5) is 47.6. The molecule has 3 aromatic rings. The number of anilines is 2. The molecular formula is C28H28F3N5O8S. The van der Waals surface area contributed by atoms with Crippen molar-refractivity contribution in [3.05, 3.63) is 94.0 Å². The molecule has 1 saturated heterocycles. The van der Waals surface area contributed by atoms with Gasteiger partial charge >= 0.3 is 12.1 Å². The zero-order valence-corrected chi connectivity index (χ0v) is 24.2. The molecule has 0 radical (unpaired) electrons. The van der Waals surface area contributed by atoms with E-state index in [1.54, 1.807) is 6.07 Å². The molecule has 13 nitrogen and oxygen atoms in total. The Morgan fingerprint density at radius 3 is 2.13 bits per heavy atom. The summed E-state index contributed by atoms with van der Waals surface area (Å²) in [6.45, 7) is 3.36. The van der Waals surface area contributed by atoms with Gasteiger partial charge in [0.25, 0.3) is 27.5 Å². The van der Waals surface area contributed by atoms with E-state index in [0.29, 0.717) is 12.2 Å². The van der Waals surface area contributed by atoms with Gasteiger partial charge in [-0.25, -0.2) is 17.9 Å². The molecule has 0 unspecified atom stereocenters. The maximum Gasteiger partial charge on any atom is 0.490 e. The van der Waals surface area contributed by atoms with Crippen molar-refractivity contribution >= 4 is 44.9 Å². The number of carboxylic acids is 1. The highest BCUT2D eigenvalue weighted by atomic mass is 32.2. The van der Waals surface area contributed by atoms with Gasteiger partial charge in [0.05, 0.1) is 9.82 Å². The Balaban J connectivity index is 0.000000707. The summed E-state index contributed by atoms with van der Waals surface area (Å²) in [7, 11) is -4.07. The summed E-state index contributed by atoms with van der Waals surface area (Å²) < 4.78 is 58.6. The molecule has 1 aliphatic heterocycles. The zero-order valence-electron chi connectivity index (χ0n) is 23.4. The van der Waals surface area contributed by atoms with Crippen molar-refractivity contribution < 1.29 is 46.0 Å². The first-order chi connectivity index (χ1) is 21.2. The lowest BCUT2D eigenvalue weighted by Gasteiger charge is -2.15. The Labute approximate surface area is 255 Å². The Morgan fingerprint density at radius 2 is 1.53 bits per heavy atom. The van der Waals surface area contributed by atoms with Crippen LogP contribution >= 0.6 is 0 Å². The highest BCUT2D eigenvalue weighted by Gasteiger charge is 2.38. The number of likely N-dealkylation sites (tertiary alicyclic amines) is 1. The van der Waals surface area contributed by atoms with Crippen LogP contribution in [0.4, 0.5) is 30.2 Å². The first kappa shape index (κ1) is 34.5. The second-order valence-electron chi connectivity index (χ2n) is 9.55. The molecule has 45 heavy (non-hydrogen) atoms. The van der Waals surface area contributed by atoms with Crippen LogP contribution in [0.25, 0.3) is 0 Å². The van der Waals surface area contributed by atoms with Gasteiger partial charge in [0.15, 0.2) is 0 Å². The number of benzene rings is 3. The lowest BCUT2D eigenvalue weighted by molar-refractivity contribution is -0.384. The maximum absolute atomic E-state index is 12.8. The van der Waals surface area contributed by atoms with Gasteiger partial charge in [-0.05, 0) is 68.4 Å². The molecule has 240 valence electrons. The fourth-order valence-electron chi connectivity index (χ4n) is 4.11. The minimum Gasteiger partial charge on any atom is -0.475 e. The smallest absolute Gasteiger partial charge is 0.475 e. The molecule has 2 amide bonds. The van der Waals surface area contributed by atoms with Crippen LogP contribution < -0.4 is 15.4 Å². The molecule has 1 fully saturated rings. The number of carboxylic acid groups (broad SMARTS) is 1. The van der Waals surface area contributed by atoms with E-state index in [1.165, 1.54) is 66.7 Å². The number of aliphatic carboxylic acids is 1. The fourth-order valence-corrected chi connectivity index (χ4v) is 5.10. The van der Waals surface area contributed by atoms with Gasteiger partial charge in [0.2, 0.25) is 0 Å². The highest BCUT2D eigenvalue weighted by molar-refractivity contribution is 7.90. The van der Waals surface area contributed by atoms with Crippen LogP contribution in [0.1, 0.15) is 33.6 Å². The monoisotopic (exact) mass is 651 g/mol. The van der Waals surface area contributed by atoms with Crippen LogP contribution in [0.15, 0.2) is 77.7 Å². The number of halogens is 3. The second-order valence-corrected chi connectivity index (χ2v) is 11.2. The van der Waals surface area contributed by atoms with Crippen molar-refractivity contribution in [3.63, 3.8) is 0 Å². The fraction of sp³-hybridized carbons (Fsp3) is 0.250. The Morgan fingerprint density at radius 1 is 0.911 bits per heavy atom. The quantitative estimate of drug-likeness (QED) is 0.184. The number of nitrogens with zero attached hydrogens (tertiary/aromatic N) is 2. The molecule has 0 atom stereocenters. The SMILES string of the molecule is O=C(Nc1cccc(C(=O)NS(=O)(=O)c2ccccc2)c1)c1ccc(NCCN2CCCC2)c([N+](=O)[O-])c1.O=C(O)C(F)(F)F. The second kappa shape index (κ2) is 15.1. The maximum atomic E-state index is 12.8. The van der Waals surface area contributed by atoms with E-state index in [-0.39, 0.29) is 27.4 Å². The third kappa shape index (κ3) is 10.3. The average Bonchev–Trinajstić information content (AvgIpc) is 3.51. The highest BCUT2D eigenvalue weighted by Crippen LogP contribution is 2.26. The van der Waals surface area contributed by atoms with Crippen molar-refractivity contribution in [2.45, 2.75) is 23.9 Å². The van der Waals surface area contributed by atoms with Crippen LogP contribution in [0, 0.1) is 10.1 Å². The number of carbonyl (C=O) groups excluding carboxylic acids is 2. The number of hydrogen-bond acceptors (Lipinski definition) is 9. The molecule has 17 heteroatoms. The van der Waals surface area contributed by atoms with E-state index in [2.05, 4.69) is 15.5 Å². The normalized spacial score (nSPS) is 13.2. The van der Waals surface area contributed by atoms with Crippen molar-refractivity contribution in [1.29, 1.82) is 0 Å². The van der Waals surface area contributed by atoms with E-state index in [4.69, 9.17) is 9.90 Å². The van der Waals surface area contributed by atoms with E-state index < -0.39 is 38.9 Å². The van der Waals surface area contributed by atoms with Gasteiger partial charge in [-0.15, -0.1) is 0 Å². The number of sulfonamides is 1. The van der Waals surface area contributed by atoms with Crippen molar-refractivity contribution in [2.75, 3.05) is 36.8 Å². The van der Waals surface area contributed by atoms with E-state index in [0.717, 1.165) is 32.5 Å². The summed E-state index contributed by atoms with van der Waals surface area (Å²) >= 11 is 0. The first-order valence-corrected chi connectivity index (χ1v) is 14.7. The number of nitro benzene ring substituents is 1. The number of carbonyl (C=O) groups is 3. The van der Waals surface area contributed by atoms with Gasteiger partial charge in [0.1, 0.15) is 5.69 Å². The predicted octanol–water partition coefficient (Wildman–Crippen LogP) is 4.11. The largest absolute Gasteiger partial charge is 0.490 e. The molecule has 0 bridgehead atoms. The molecule has 3 aromatic carbocycles. The zero-order chi connectivity index (χ0) is 33.2. The summed E-state index contributed by atoms with van der Waals surface area (Å²) in [6, 6.07) is 17.3. The van der Waals surface area contributed by atoms with Gasteiger partial charge in [-0.1, -0.05) is 24.3 Å². The van der Waals surface area contributed by atoms with Crippen LogP contribution in [0.2, 0.25) is 0 Å². The van der Waals surface area contributed by atoms with Crippen molar-refractivity contribution in [2.24, 2.45) is 0 Å². The van der Waals surface area contributed by atoms with Crippen molar-refractivity contribution in [1.82, 2.24) is 9.62 Å². The molecule has 4 N–H and O–H groups in total. The Hall–Kier alpha value is -5.03. The van der Waals surface area contributed by atoms with Gasteiger partial charge in [-0.3, -0.25) is 19.7 Å². The molecule has 0 aliphatic carbocycles. The third-order valence-corrected chi connectivity index (χ3v) is 7.65. The predicted molar refractivity (Wildman–Crippen MR) is 156 cm³/mol. The molecule has 0 saturated carbocycles. The number of rotatable bonds is 10. The van der Waals surface area contributed by atoms with Crippen molar-refractivity contribution in [3.8, 4) is 0 Å². The molecule has 0 spiro atoms. The Bertz CT molecular complexity index is 1650. The molecular weight excluding hydrogens is 623 g/mol. The van der Waals surface area contributed by atoms with E-state index in [9.17, 15) is 41.3 Å². The number of amides is 2. The summed E-state index contributed by atoms with van der Waals surface area (Å²) in [5.74, 6) is -4.25. The summed E-state index contributed by atoms with van der Waals surface area (Å²) in [5, 5.41) is 24.4. The first-order valence-electron chi connectivity index (χ1n) is 13.3. The van der Waals surface area contributed by atoms with Crippen LogP contribution in [-0.4, -0.2) is 73.5 Å². The number of alkyl halides is 3. The van der Waals surface area contributed by atoms with E-state index >= 15 is 0 Å². The van der Waals surface area contributed by atoms with Crippen LogP contribution in [0.5, 0.6) is 0 Å². The number of nitro groups is 1. The minimum atomic E-state index is -5.08. The van der Waals surface area contributed by atoms with Gasteiger partial charge in [0, 0.05) is 36.0 Å². The van der Waals surface area contributed by atoms with E-state index in [1.807, 2.05) is 4.72 Å². The number of hydrogen-bond donors (Lipinski definition) is 4. The summed E-state index contributed by atoms with van der Waals surface area (Å²) in [6.07, 6.45) is -2.77. The summed E-state index contributed by atoms with van der Waals surface area (Å²) in [5.41, 5.74) is 0.381. The average molecular weight is 652 g/mol. The third-order valence-electron chi connectivity index (χ3n) is 6.30. The molecule has 1 aliphatic rings. The molecule has 1 heterocycles. The van der Waals surface area contributed by atoms with Gasteiger partial charge in [-0.2, -0.15) is 13.2 Å². The standard InChI is InChI=1S/C26H27N5O6S.C2HF3O2/c32-25(20-11-12-23(24(18-20)31(34)35)27-13-16-30-14-4-5-15-30)28-21-8-6-7-19(17-21)26(33)29-38(36,37)22-9-2-1-3-10-22;3-2(4,5)1(6)7/h1-3,6-12,17-18,27H,4-5,13-16H2,(H,28,32)(H,29,33);(H,6,7). The topological polar surface area (TPSA) is 188 Å². The minimum absolute atomic E-state index is 0.00540. The van der Waals surface area contributed by atoms with Gasteiger partial charge < -0.3 is 20.6 Å². The van der Waals surface area contributed by atoms with Crippen LogP contribution in [0.3, 0.4) is 0 Å². The lowest BCUT2D eigenvalue weighted by Crippen LogP contribution is -2.30. The van der Waals surface area contributed by atoms with Crippen LogP contribution in [-0.2, 0) is 14.8 Å². The molecule has 4 rings (SSSR count). The lowest BCUT2D eigenvalue weighted by atomic mass is 10.1. The molecule has 0 aromatic heterocycles. The number of nitrogens with one attached hydrogen (secondary N) is 3.